The summed E-state index contributed by atoms with van der Waals surface area (Å²) in [4.78, 5) is 14.9. The van der Waals surface area contributed by atoms with Crippen molar-refractivity contribution < 1.29 is 4.79 Å². The van der Waals surface area contributed by atoms with Crippen molar-refractivity contribution in [1.29, 1.82) is 0 Å². The molecule has 1 fully saturated rings. The van der Waals surface area contributed by atoms with Gasteiger partial charge in [-0.1, -0.05) is 54.6 Å². The third kappa shape index (κ3) is 2.89. The van der Waals surface area contributed by atoms with Crippen LogP contribution < -0.4 is 5.32 Å². The van der Waals surface area contributed by atoms with Crippen LogP contribution in [0.4, 0.5) is 0 Å². The first kappa shape index (κ1) is 14.8. The van der Waals surface area contributed by atoms with E-state index >= 15 is 0 Å². The Morgan fingerprint density at radius 1 is 1.09 bits per heavy atom. The highest BCUT2D eigenvalue weighted by atomic mass is 32.2. The molecular weight excluding hydrogens is 304 g/mol. The molecule has 2 aromatic rings. The largest absolute Gasteiger partial charge is 0.336 e. The first-order chi connectivity index (χ1) is 11.3. The molecule has 2 aliphatic heterocycles. The van der Waals surface area contributed by atoms with E-state index in [2.05, 4.69) is 53.8 Å². The van der Waals surface area contributed by atoms with Gasteiger partial charge < -0.3 is 4.90 Å². The Morgan fingerprint density at radius 2 is 1.87 bits per heavy atom. The van der Waals surface area contributed by atoms with Gasteiger partial charge in [0.15, 0.2) is 0 Å². The zero-order valence-electron chi connectivity index (χ0n) is 12.9. The van der Waals surface area contributed by atoms with Crippen molar-refractivity contribution in [3.63, 3.8) is 0 Å². The maximum Gasteiger partial charge on any atom is 0.240 e. The number of hydrogen-bond acceptors (Lipinski definition) is 3. The van der Waals surface area contributed by atoms with Gasteiger partial charge in [0.2, 0.25) is 5.91 Å². The van der Waals surface area contributed by atoms with Crippen molar-refractivity contribution in [3.8, 4) is 0 Å². The van der Waals surface area contributed by atoms with E-state index < -0.39 is 0 Å². The van der Waals surface area contributed by atoms with Crippen LogP contribution in [0.5, 0.6) is 0 Å². The van der Waals surface area contributed by atoms with E-state index in [1.807, 2.05) is 11.0 Å². The molecule has 0 radical (unpaired) electrons. The SMILES string of the molecule is O=C(C1CSCN1)N1Cc2ccccc2C(c2ccccc2)C1. The molecular formula is C19H20N2OS. The maximum atomic E-state index is 12.8. The molecule has 0 aromatic heterocycles. The van der Waals surface area contributed by atoms with Crippen molar-refractivity contribution in [1.82, 2.24) is 10.2 Å². The molecule has 1 amide bonds. The number of hydrogen-bond donors (Lipinski definition) is 1. The number of carbonyl (C=O) groups is 1. The molecule has 2 unspecified atom stereocenters. The summed E-state index contributed by atoms with van der Waals surface area (Å²) in [5, 5.41) is 3.30. The highest BCUT2D eigenvalue weighted by Gasteiger charge is 2.33. The van der Waals surface area contributed by atoms with Crippen molar-refractivity contribution in [2.45, 2.75) is 18.5 Å². The van der Waals surface area contributed by atoms with Gasteiger partial charge in [0.25, 0.3) is 0 Å². The molecule has 0 saturated carbocycles. The second kappa shape index (κ2) is 6.38. The number of nitrogens with zero attached hydrogens (tertiary/aromatic N) is 1. The monoisotopic (exact) mass is 324 g/mol. The fourth-order valence-electron chi connectivity index (χ4n) is 3.52. The lowest BCUT2D eigenvalue weighted by Crippen LogP contribution is -2.47. The van der Waals surface area contributed by atoms with Crippen LogP contribution in [-0.2, 0) is 11.3 Å². The second-order valence-electron chi connectivity index (χ2n) is 6.15. The summed E-state index contributed by atoms with van der Waals surface area (Å²) in [5.74, 6) is 2.26. The van der Waals surface area contributed by atoms with Gasteiger partial charge in [-0.2, -0.15) is 0 Å². The summed E-state index contributed by atoms with van der Waals surface area (Å²) < 4.78 is 0. The van der Waals surface area contributed by atoms with Crippen LogP contribution in [-0.4, -0.2) is 35.0 Å². The van der Waals surface area contributed by atoms with Crippen LogP contribution in [0.2, 0.25) is 0 Å². The predicted octanol–water partition coefficient (Wildman–Crippen LogP) is 2.82. The van der Waals surface area contributed by atoms with Gasteiger partial charge in [-0.15, -0.1) is 11.8 Å². The van der Waals surface area contributed by atoms with Crippen LogP contribution in [0.25, 0.3) is 0 Å². The first-order valence-corrected chi connectivity index (χ1v) is 9.21. The fraction of sp³-hybridized carbons (Fsp3) is 0.316. The Bertz CT molecular complexity index is 698. The van der Waals surface area contributed by atoms with E-state index in [9.17, 15) is 4.79 Å². The fourth-order valence-corrected chi connectivity index (χ4v) is 4.45. The minimum absolute atomic E-state index is 0.0262. The Balaban J connectivity index is 1.67. The number of benzene rings is 2. The van der Waals surface area contributed by atoms with Gasteiger partial charge in [0.1, 0.15) is 0 Å². The standard InChI is InChI=1S/C19H20N2OS/c22-19(18-12-23-13-20-18)21-10-15-8-4-5-9-16(15)17(11-21)14-6-2-1-3-7-14/h1-9,17-18,20H,10-13H2. The van der Waals surface area contributed by atoms with Gasteiger partial charge in [0.05, 0.1) is 6.04 Å². The second-order valence-corrected chi connectivity index (χ2v) is 7.18. The van der Waals surface area contributed by atoms with Gasteiger partial charge >= 0.3 is 0 Å². The summed E-state index contributed by atoms with van der Waals surface area (Å²) in [6.07, 6.45) is 0. The summed E-state index contributed by atoms with van der Waals surface area (Å²) in [6, 6.07) is 19.0. The Kier molecular flexibility index (Phi) is 4.10. The van der Waals surface area contributed by atoms with E-state index in [1.165, 1.54) is 16.7 Å². The van der Waals surface area contributed by atoms with Crippen molar-refractivity contribution in [3.05, 3.63) is 71.3 Å². The third-order valence-corrected chi connectivity index (χ3v) is 5.66. The molecule has 23 heavy (non-hydrogen) atoms. The van der Waals surface area contributed by atoms with Crippen LogP contribution >= 0.6 is 11.8 Å². The zero-order valence-corrected chi connectivity index (χ0v) is 13.8. The Labute approximate surface area is 141 Å². The Hall–Kier alpha value is -1.78. The van der Waals surface area contributed by atoms with Crippen molar-refractivity contribution in [2.75, 3.05) is 18.2 Å². The average Bonchev–Trinajstić information content (AvgIpc) is 3.15. The maximum absolute atomic E-state index is 12.8. The van der Waals surface area contributed by atoms with Gasteiger partial charge in [0, 0.05) is 30.6 Å². The minimum Gasteiger partial charge on any atom is -0.336 e. The molecule has 118 valence electrons. The van der Waals surface area contributed by atoms with E-state index in [-0.39, 0.29) is 17.9 Å². The van der Waals surface area contributed by atoms with Gasteiger partial charge in [-0.05, 0) is 16.7 Å². The molecule has 1 saturated heterocycles. The number of fused-ring (bicyclic) bond motifs is 1. The van der Waals surface area contributed by atoms with Crippen LogP contribution in [0.3, 0.4) is 0 Å². The summed E-state index contributed by atoms with van der Waals surface area (Å²) in [7, 11) is 0. The van der Waals surface area contributed by atoms with E-state index in [0.717, 1.165) is 24.7 Å². The molecule has 0 bridgehead atoms. The summed E-state index contributed by atoms with van der Waals surface area (Å²) >= 11 is 1.80. The molecule has 0 aliphatic carbocycles. The lowest BCUT2D eigenvalue weighted by atomic mass is 9.84. The lowest BCUT2D eigenvalue weighted by Gasteiger charge is -2.36. The van der Waals surface area contributed by atoms with Gasteiger partial charge in [-0.3, -0.25) is 10.1 Å². The quantitative estimate of drug-likeness (QED) is 0.922. The van der Waals surface area contributed by atoms with Crippen LogP contribution in [0.1, 0.15) is 22.6 Å². The van der Waals surface area contributed by atoms with Crippen molar-refractivity contribution >= 4 is 17.7 Å². The molecule has 2 aromatic carbocycles. The van der Waals surface area contributed by atoms with Crippen LogP contribution in [0.15, 0.2) is 54.6 Å². The van der Waals surface area contributed by atoms with Crippen molar-refractivity contribution in [2.24, 2.45) is 0 Å². The van der Waals surface area contributed by atoms with Crippen LogP contribution in [0, 0.1) is 0 Å². The van der Waals surface area contributed by atoms with E-state index in [0.29, 0.717) is 0 Å². The van der Waals surface area contributed by atoms with E-state index in [4.69, 9.17) is 0 Å². The number of amides is 1. The normalized spacial score (nSPS) is 23.6. The molecule has 0 spiro atoms. The summed E-state index contributed by atoms with van der Waals surface area (Å²) in [5.41, 5.74) is 3.91. The number of carbonyl (C=O) groups excluding carboxylic acids is 1. The molecule has 4 rings (SSSR count). The summed E-state index contributed by atoms with van der Waals surface area (Å²) in [6.45, 7) is 1.49. The van der Waals surface area contributed by atoms with Gasteiger partial charge in [-0.25, -0.2) is 0 Å². The first-order valence-electron chi connectivity index (χ1n) is 8.05. The highest BCUT2D eigenvalue weighted by Crippen LogP contribution is 2.33. The molecule has 2 aliphatic rings. The molecule has 4 heteroatoms. The minimum atomic E-state index is -0.0262. The molecule has 1 N–H and O–H groups in total. The zero-order chi connectivity index (χ0) is 15.6. The molecule has 2 atom stereocenters. The lowest BCUT2D eigenvalue weighted by molar-refractivity contribution is -0.133. The Morgan fingerprint density at radius 3 is 2.65 bits per heavy atom. The molecule has 3 nitrogen and oxygen atoms in total. The topological polar surface area (TPSA) is 32.3 Å². The average molecular weight is 324 g/mol. The third-order valence-electron chi connectivity index (χ3n) is 4.72. The number of thioether (sulfide) groups is 1. The smallest absolute Gasteiger partial charge is 0.240 e. The predicted molar refractivity (Wildman–Crippen MR) is 94.4 cm³/mol. The number of nitrogens with one attached hydrogen (secondary N) is 1. The number of rotatable bonds is 2. The highest BCUT2D eigenvalue weighted by molar-refractivity contribution is 7.99. The van der Waals surface area contributed by atoms with E-state index in [1.54, 1.807) is 11.8 Å². The molecule has 2 heterocycles.